The van der Waals surface area contributed by atoms with Crippen LogP contribution in [0.4, 0.5) is 4.39 Å². The smallest absolute Gasteiger partial charge is 0.149 e. The predicted octanol–water partition coefficient (Wildman–Crippen LogP) is 4.05. The summed E-state index contributed by atoms with van der Waals surface area (Å²) >= 11 is 5.97. The third kappa shape index (κ3) is 2.41. The number of aryl methyl sites for hydroxylation is 1. The number of hydrogen-bond acceptors (Lipinski definition) is 3. The van der Waals surface area contributed by atoms with Crippen molar-refractivity contribution in [3.63, 3.8) is 0 Å². The van der Waals surface area contributed by atoms with Gasteiger partial charge in [0.2, 0.25) is 0 Å². The van der Waals surface area contributed by atoms with Crippen molar-refractivity contribution in [2.75, 3.05) is 13.2 Å². The van der Waals surface area contributed by atoms with Crippen LogP contribution in [0.2, 0.25) is 5.02 Å². The van der Waals surface area contributed by atoms with Crippen molar-refractivity contribution in [2.45, 2.75) is 51.4 Å². The molecule has 0 bridgehead atoms. The summed E-state index contributed by atoms with van der Waals surface area (Å²) in [7, 11) is 0. The van der Waals surface area contributed by atoms with E-state index in [1.54, 1.807) is 6.07 Å². The van der Waals surface area contributed by atoms with E-state index < -0.39 is 12.0 Å². The average Bonchev–Trinajstić information content (AvgIpc) is 3.41. The third-order valence-corrected chi connectivity index (χ3v) is 6.15. The van der Waals surface area contributed by atoms with Crippen LogP contribution in [-0.4, -0.2) is 33.8 Å². The Balaban J connectivity index is 1.75. The second kappa shape index (κ2) is 5.98. The minimum Gasteiger partial charge on any atom is -0.491 e. The molecule has 26 heavy (non-hydrogen) atoms. The Kier molecular flexibility index (Phi) is 3.82. The first-order valence-electron chi connectivity index (χ1n) is 9.34. The molecule has 1 atom stereocenters. The molecule has 1 saturated carbocycles. The standard InChI is InChI=1S/C20H22ClFN2O2/c1-11-9-14(21)15(22)10-13(11)17-18-20(25)23(12-4-5-12)6-7-24(18)16-3-2-8-26-19(16)17/h9-10,12,20,25H,2-8H2,1H3. The molecule has 2 aromatic rings. The van der Waals surface area contributed by atoms with Crippen LogP contribution in [0, 0.1) is 12.7 Å². The molecule has 1 unspecified atom stereocenters. The first-order chi connectivity index (χ1) is 12.6. The molecule has 1 aromatic heterocycles. The molecule has 3 heterocycles. The van der Waals surface area contributed by atoms with Gasteiger partial charge in [-0.25, -0.2) is 4.39 Å². The summed E-state index contributed by atoms with van der Waals surface area (Å²) in [5.41, 5.74) is 4.46. The number of rotatable bonds is 2. The summed E-state index contributed by atoms with van der Waals surface area (Å²) < 4.78 is 22.5. The maximum atomic E-state index is 14.3. The van der Waals surface area contributed by atoms with Crippen LogP contribution in [-0.2, 0) is 13.0 Å². The summed E-state index contributed by atoms with van der Waals surface area (Å²) in [5, 5.41) is 11.3. The fourth-order valence-electron chi connectivity index (χ4n) is 4.46. The molecule has 0 saturated heterocycles. The van der Waals surface area contributed by atoms with E-state index in [0.717, 1.165) is 72.6 Å². The first kappa shape index (κ1) is 16.6. The monoisotopic (exact) mass is 376 g/mol. The van der Waals surface area contributed by atoms with Crippen LogP contribution in [0.15, 0.2) is 12.1 Å². The topological polar surface area (TPSA) is 37.6 Å². The zero-order valence-electron chi connectivity index (χ0n) is 14.8. The van der Waals surface area contributed by atoms with Gasteiger partial charge in [0.25, 0.3) is 0 Å². The van der Waals surface area contributed by atoms with Crippen LogP contribution < -0.4 is 4.74 Å². The Bertz CT molecular complexity index is 891. The van der Waals surface area contributed by atoms with Crippen LogP contribution in [0.5, 0.6) is 5.75 Å². The normalized spacial score (nSPS) is 22.7. The van der Waals surface area contributed by atoms with Crippen molar-refractivity contribution in [3.05, 3.63) is 39.9 Å². The molecule has 1 fully saturated rings. The minimum absolute atomic E-state index is 0.120. The number of aliphatic hydroxyl groups is 1. The molecular formula is C20H22ClFN2O2. The Morgan fingerprint density at radius 2 is 2.08 bits per heavy atom. The Hall–Kier alpha value is -1.56. The summed E-state index contributed by atoms with van der Waals surface area (Å²) in [5.74, 6) is 0.369. The van der Waals surface area contributed by atoms with Gasteiger partial charge >= 0.3 is 0 Å². The van der Waals surface area contributed by atoms with Gasteiger partial charge in [-0.2, -0.15) is 0 Å². The highest BCUT2D eigenvalue weighted by Crippen LogP contribution is 2.49. The highest BCUT2D eigenvalue weighted by atomic mass is 35.5. The maximum absolute atomic E-state index is 14.3. The fourth-order valence-corrected chi connectivity index (χ4v) is 4.68. The van der Waals surface area contributed by atoms with Gasteiger partial charge in [0, 0.05) is 24.7 Å². The lowest BCUT2D eigenvalue weighted by atomic mass is 9.97. The molecular weight excluding hydrogens is 355 g/mol. The summed E-state index contributed by atoms with van der Waals surface area (Å²) in [4.78, 5) is 2.17. The highest BCUT2D eigenvalue weighted by Gasteiger charge is 2.41. The molecule has 6 heteroatoms. The van der Waals surface area contributed by atoms with Crippen LogP contribution in [0.3, 0.4) is 0 Å². The third-order valence-electron chi connectivity index (χ3n) is 5.86. The van der Waals surface area contributed by atoms with E-state index in [4.69, 9.17) is 16.3 Å². The number of aromatic nitrogens is 1. The van der Waals surface area contributed by atoms with Gasteiger partial charge in [0.15, 0.2) is 0 Å². The molecule has 0 spiro atoms. The maximum Gasteiger partial charge on any atom is 0.149 e. The minimum atomic E-state index is -0.682. The van der Waals surface area contributed by atoms with Crippen molar-refractivity contribution in [3.8, 4) is 16.9 Å². The van der Waals surface area contributed by atoms with E-state index >= 15 is 0 Å². The molecule has 4 nitrogen and oxygen atoms in total. The molecule has 1 aromatic carbocycles. The van der Waals surface area contributed by atoms with Gasteiger partial charge in [-0.1, -0.05) is 11.6 Å². The predicted molar refractivity (Wildman–Crippen MR) is 98.1 cm³/mol. The van der Waals surface area contributed by atoms with Gasteiger partial charge in [-0.05, 0) is 55.9 Å². The number of benzene rings is 1. The summed E-state index contributed by atoms with van der Waals surface area (Å²) in [6.07, 6.45) is 3.48. The van der Waals surface area contributed by atoms with E-state index in [2.05, 4.69) is 9.47 Å². The SMILES string of the molecule is Cc1cc(Cl)c(F)cc1-c1c2c(n3c1C(O)N(C1CC1)CC3)CCCO2. The number of nitrogens with zero attached hydrogens (tertiary/aromatic N) is 2. The average molecular weight is 377 g/mol. The van der Waals surface area contributed by atoms with Crippen LogP contribution >= 0.6 is 11.6 Å². The van der Waals surface area contributed by atoms with Crippen molar-refractivity contribution >= 4 is 11.6 Å². The number of ether oxygens (including phenoxy) is 1. The van der Waals surface area contributed by atoms with Crippen molar-refractivity contribution < 1.29 is 14.2 Å². The van der Waals surface area contributed by atoms with Gasteiger partial charge < -0.3 is 14.4 Å². The zero-order chi connectivity index (χ0) is 18.0. The van der Waals surface area contributed by atoms with Crippen LogP contribution in [0.1, 0.15) is 42.4 Å². The number of halogens is 2. The van der Waals surface area contributed by atoms with E-state index in [1.807, 2.05) is 6.92 Å². The Morgan fingerprint density at radius 1 is 1.27 bits per heavy atom. The van der Waals surface area contributed by atoms with Gasteiger partial charge in [-0.3, -0.25) is 4.90 Å². The Labute approximate surface area is 157 Å². The molecule has 138 valence electrons. The molecule has 0 radical (unpaired) electrons. The van der Waals surface area contributed by atoms with Gasteiger partial charge in [0.05, 0.1) is 23.0 Å². The molecule has 3 aliphatic rings. The van der Waals surface area contributed by atoms with Crippen molar-refractivity contribution in [1.29, 1.82) is 0 Å². The second-order valence-corrected chi connectivity index (χ2v) is 7.97. The lowest BCUT2D eigenvalue weighted by molar-refractivity contribution is -0.0267. The molecule has 5 rings (SSSR count). The van der Waals surface area contributed by atoms with E-state index in [0.29, 0.717) is 12.6 Å². The number of aliphatic hydroxyl groups excluding tert-OH is 1. The zero-order valence-corrected chi connectivity index (χ0v) is 15.5. The fraction of sp³-hybridized carbons (Fsp3) is 0.500. The van der Waals surface area contributed by atoms with E-state index in [9.17, 15) is 9.50 Å². The summed E-state index contributed by atoms with van der Waals surface area (Å²) in [6.45, 7) is 4.26. The lowest BCUT2D eigenvalue weighted by Crippen LogP contribution is -2.40. The van der Waals surface area contributed by atoms with E-state index in [1.165, 1.54) is 6.07 Å². The van der Waals surface area contributed by atoms with E-state index in [-0.39, 0.29) is 5.02 Å². The Morgan fingerprint density at radius 3 is 2.85 bits per heavy atom. The van der Waals surface area contributed by atoms with Gasteiger partial charge in [0.1, 0.15) is 17.8 Å². The molecule has 0 amide bonds. The number of hydrogen-bond donors (Lipinski definition) is 1. The largest absolute Gasteiger partial charge is 0.491 e. The van der Waals surface area contributed by atoms with Crippen molar-refractivity contribution in [1.82, 2.24) is 9.47 Å². The quantitative estimate of drug-likeness (QED) is 0.859. The lowest BCUT2D eigenvalue weighted by Gasteiger charge is -2.35. The highest BCUT2D eigenvalue weighted by molar-refractivity contribution is 6.30. The van der Waals surface area contributed by atoms with Gasteiger partial charge in [-0.15, -0.1) is 0 Å². The summed E-state index contributed by atoms with van der Waals surface area (Å²) in [6, 6.07) is 3.59. The van der Waals surface area contributed by atoms with Crippen LogP contribution in [0.25, 0.3) is 11.1 Å². The van der Waals surface area contributed by atoms with Crippen molar-refractivity contribution in [2.24, 2.45) is 0 Å². The number of fused-ring (bicyclic) bond motifs is 3. The molecule has 1 aliphatic carbocycles. The first-order valence-corrected chi connectivity index (χ1v) is 9.72. The molecule has 1 N–H and O–H groups in total. The second-order valence-electron chi connectivity index (χ2n) is 7.56. The molecule has 2 aliphatic heterocycles.